The second-order valence-corrected chi connectivity index (χ2v) is 11.6. The molecule has 1 saturated carbocycles. The van der Waals surface area contributed by atoms with Gasteiger partial charge in [-0.05, 0) is 74.1 Å². The van der Waals surface area contributed by atoms with Gasteiger partial charge < -0.3 is 24.4 Å². The van der Waals surface area contributed by atoms with Crippen molar-refractivity contribution in [3.8, 4) is 17.2 Å². The zero-order valence-corrected chi connectivity index (χ0v) is 26.8. The molecule has 10 heteroatoms. The van der Waals surface area contributed by atoms with Gasteiger partial charge in [0.2, 0.25) is 17.6 Å². The zero-order chi connectivity index (χ0) is 31.9. The Labute approximate surface area is 264 Å². The maximum atomic E-state index is 14.7. The highest BCUT2D eigenvalue weighted by atomic mass is 16.5. The Morgan fingerprint density at radius 3 is 2.29 bits per heavy atom. The van der Waals surface area contributed by atoms with Crippen LogP contribution in [0.4, 0.5) is 0 Å². The minimum Gasteiger partial charge on any atom is -0.493 e. The number of nitrogens with one attached hydrogen (secondary N) is 1. The van der Waals surface area contributed by atoms with Crippen LogP contribution in [-0.4, -0.2) is 65.6 Å². The van der Waals surface area contributed by atoms with Gasteiger partial charge in [0.05, 0.1) is 26.8 Å². The number of hydrogen-bond donors (Lipinski definition) is 1. The van der Waals surface area contributed by atoms with E-state index >= 15 is 0 Å². The van der Waals surface area contributed by atoms with Crippen LogP contribution in [0.15, 0.2) is 60.7 Å². The summed E-state index contributed by atoms with van der Waals surface area (Å²) >= 11 is 0. The summed E-state index contributed by atoms with van der Waals surface area (Å²) in [4.78, 5) is 30.8. The molecule has 0 aliphatic heterocycles. The summed E-state index contributed by atoms with van der Waals surface area (Å²) in [5.41, 5.74) is 4.22. The first-order valence-electron chi connectivity index (χ1n) is 15.6. The molecule has 0 saturated heterocycles. The Bertz CT molecular complexity index is 1600. The molecule has 2 amide bonds. The molecule has 1 heterocycles. The molecule has 0 radical (unpaired) electrons. The topological polar surface area (TPSA) is 108 Å². The number of hydrogen-bond acceptors (Lipinski definition) is 7. The van der Waals surface area contributed by atoms with E-state index in [-0.39, 0.29) is 17.9 Å². The lowest BCUT2D eigenvalue weighted by molar-refractivity contribution is -0.143. The molecule has 4 aromatic rings. The van der Waals surface area contributed by atoms with Crippen LogP contribution in [0.2, 0.25) is 0 Å². The van der Waals surface area contributed by atoms with E-state index in [9.17, 15) is 9.59 Å². The molecule has 1 aliphatic rings. The van der Waals surface area contributed by atoms with Crippen molar-refractivity contribution in [2.24, 2.45) is 0 Å². The molecule has 1 fully saturated rings. The van der Waals surface area contributed by atoms with Crippen LogP contribution < -0.4 is 19.5 Å². The minimum atomic E-state index is -0.977. The summed E-state index contributed by atoms with van der Waals surface area (Å²) in [6.45, 7) is 4.15. The molecule has 1 aliphatic carbocycles. The number of para-hydroxylation sites is 1. The molecule has 45 heavy (non-hydrogen) atoms. The number of nitrogens with zero attached hydrogens (tertiary/aromatic N) is 4. The summed E-state index contributed by atoms with van der Waals surface area (Å²) in [6, 6.07) is 17.5. The average molecular weight is 614 g/mol. The van der Waals surface area contributed by atoms with Crippen molar-refractivity contribution in [3.05, 3.63) is 77.4 Å². The first kappa shape index (κ1) is 31.8. The van der Waals surface area contributed by atoms with Crippen molar-refractivity contribution in [2.45, 2.75) is 70.5 Å². The highest BCUT2D eigenvalue weighted by Gasteiger charge is 2.37. The Morgan fingerprint density at radius 1 is 0.956 bits per heavy atom. The lowest BCUT2D eigenvalue weighted by Crippen LogP contribution is -2.49. The van der Waals surface area contributed by atoms with Crippen LogP contribution in [0.25, 0.3) is 11.0 Å². The molecule has 238 valence electrons. The first-order chi connectivity index (χ1) is 21.9. The van der Waals surface area contributed by atoms with Gasteiger partial charge in [-0.1, -0.05) is 60.9 Å². The van der Waals surface area contributed by atoms with Gasteiger partial charge in [0, 0.05) is 12.6 Å². The van der Waals surface area contributed by atoms with Crippen LogP contribution >= 0.6 is 0 Å². The third-order valence-electron chi connectivity index (χ3n) is 8.78. The van der Waals surface area contributed by atoms with Crippen molar-refractivity contribution in [1.29, 1.82) is 0 Å². The van der Waals surface area contributed by atoms with Gasteiger partial charge in [0.1, 0.15) is 17.6 Å². The van der Waals surface area contributed by atoms with E-state index in [4.69, 9.17) is 14.2 Å². The summed E-state index contributed by atoms with van der Waals surface area (Å²) in [7, 11) is 4.61. The molecular weight excluding hydrogens is 570 g/mol. The van der Waals surface area contributed by atoms with Gasteiger partial charge in [0.25, 0.3) is 0 Å². The number of benzene rings is 3. The summed E-state index contributed by atoms with van der Waals surface area (Å²) in [5.74, 6) is 0.727. The van der Waals surface area contributed by atoms with E-state index in [1.54, 1.807) is 28.6 Å². The SMILES string of the molecule is COc1cc([C@@H](C(=O)NC2CCCCC2)N(CCc2ccccc2C)C(=O)[C@H](C)n2nnc3ccccc32)cc(OC)c1OC. The van der Waals surface area contributed by atoms with E-state index in [0.29, 0.717) is 41.3 Å². The Balaban J connectivity index is 1.61. The molecule has 10 nitrogen and oxygen atoms in total. The number of amides is 2. The van der Waals surface area contributed by atoms with Gasteiger partial charge in [0.15, 0.2) is 11.5 Å². The van der Waals surface area contributed by atoms with Crippen LogP contribution in [0.1, 0.15) is 67.8 Å². The molecule has 2 atom stereocenters. The van der Waals surface area contributed by atoms with Crippen LogP contribution in [-0.2, 0) is 16.0 Å². The van der Waals surface area contributed by atoms with Crippen molar-refractivity contribution < 1.29 is 23.8 Å². The van der Waals surface area contributed by atoms with E-state index < -0.39 is 12.1 Å². The Kier molecular flexibility index (Phi) is 10.2. The number of carbonyl (C=O) groups is 2. The van der Waals surface area contributed by atoms with Crippen molar-refractivity contribution in [2.75, 3.05) is 27.9 Å². The second kappa shape index (κ2) is 14.5. The summed E-state index contributed by atoms with van der Waals surface area (Å²) in [6.07, 6.45) is 5.66. The fraction of sp³-hybridized carbons (Fsp3) is 0.429. The smallest absolute Gasteiger partial charge is 0.248 e. The Morgan fingerprint density at radius 2 is 1.62 bits per heavy atom. The van der Waals surface area contributed by atoms with E-state index in [1.807, 2.05) is 36.4 Å². The minimum absolute atomic E-state index is 0.0424. The molecule has 5 rings (SSSR count). The molecule has 0 unspecified atom stereocenters. The second-order valence-electron chi connectivity index (χ2n) is 11.6. The molecule has 0 spiro atoms. The van der Waals surface area contributed by atoms with Crippen molar-refractivity contribution >= 4 is 22.8 Å². The number of aryl methyl sites for hydroxylation is 1. The summed E-state index contributed by atoms with van der Waals surface area (Å²) in [5, 5.41) is 11.9. The fourth-order valence-electron chi connectivity index (χ4n) is 6.27. The third-order valence-corrected chi connectivity index (χ3v) is 8.78. The maximum Gasteiger partial charge on any atom is 0.248 e. The first-order valence-corrected chi connectivity index (χ1v) is 15.6. The monoisotopic (exact) mass is 613 g/mol. The molecule has 3 aromatic carbocycles. The van der Waals surface area contributed by atoms with Crippen LogP contribution in [0, 0.1) is 6.92 Å². The van der Waals surface area contributed by atoms with Gasteiger partial charge in [-0.25, -0.2) is 4.68 Å². The van der Waals surface area contributed by atoms with Crippen LogP contribution in [0.3, 0.4) is 0 Å². The largest absolute Gasteiger partial charge is 0.493 e. The summed E-state index contributed by atoms with van der Waals surface area (Å²) < 4.78 is 18.6. The van der Waals surface area contributed by atoms with Crippen molar-refractivity contribution in [3.63, 3.8) is 0 Å². The Hall–Kier alpha value is -4.60. The average Bonchev–Trinajstić information content (AvgIpc) is 3.50. The number of methoxy groups -OCH3 is 3. The molecule has 1 N–H and O–H groups in total. The molecule has 1 aromatic heterocycles. The highest BCUT2D eigenvalue weighted by Crippen LogP contribution is 2.41. The van der Waals surface area contributed by atoms with Gasteiger partial charge >= 0.3 is 0 Å². The number of ether oxygens (including phenoxy) is 3. The van der Waals surface area contributed by atoms with Gasteiger partial charge in [-0.2, -0.15) is 0 Å². The highest BCUT2D eigenvalue weighted by molar-refractivity contribution is 5.91. The number of fused-ring (bicyclic) bond motifs is 1. The molecule has 0 bridgehead atoms. The van der Waals surface area contributed by atoms with Gasteiger partial charge in [-0.15, -0.1) is 5.10 Å². The van der Waals surface area contributed by atoms with Crippen molar-refractivity contribution in [1.82, 2.24) is 25.2 Å². The predicted molar refractivity (Wildman–Crippen MR) is 173 cm³/mol. The quantitative estimate of drug-likeness (QED) is 0.222. The normalized spacial score (nSPS) is 14.9. The zero-order valence-electron chi connectivity index (χ0n) is 26.8. The number of aromatic nitrogens is 3. The third kappa shape index (κ3) is 6.90. The standard InChI is InChI=1S/C35H43N5O5/c1-23-13-9-10-14-25(23)19-20-39(35(42)24(2)40-29-18-12-11-17-28(29)37-38-40)32(34(41)36-27-15-7-6-8-16-27)26-21-30(43-3)33(45-5)31(22-26)44-4/h9-14,17-18,21-22,24,27,32H,6-8,15-16,19-20H2,1-5H3,(H,36,41)/t24-,32-/m0/s1. The predicted octanol–water partition coefficient (Wildman–Crippen LogP) is 5.59. The lowest BCUT2D eigenvalue weighted by Gasteiger charge is -2.35. The molecular formula is C35H43N5O5. The number of rotatable bonds is 12. The van der Waals surface area contributed by atoms with Crippen LogP contribution in [0.5, 0.6) is 17.2 Å². The van der Waals surface area contributed by atoms with Gasteiger partial charge in [-0.3, -0.25) is 9.59 Å². The maximum absolute atomic E-state index is 14.7. The van der Waals surface area contributed by atoms with E-state index in [1.165, 1.54) is 21.3 Å². The lowest BCUT2D eigenvalue weighted by atomic mass is 9.94. The van der Waals surface area contributed by atoms with E-state index in [2.05, 4.69) is 34.7 Å². The fourth-order valence-corrected chi connectivity index (χ4v) is 6.27. The number of carbonyl (C=O) groups excluding carboxylic acids is 2. The van der Waals surface area contributed by atoms with E-state index in [0.717, 1.165) is 48.7 Å².